The molecule has 1 aromatic rings. The van der Waals surface area contributed by atoms with Gasteiger partial charge >= 0.3 is 0 Å². The van der Waals surface area contributed by atoms with Gasteiger partial charge in [-0.05, 0) is 31.1 Å². The zero-order valence-corrected chi connectivity index (χ0v) is 9.97. The van der Waals surface area contributed by atoms with Gasteiger partial charge in [0.2, 0.25) is 0 Å². The van der Waals surface area contributed by atoms with E-state index in [2.05, 4.69) is 6.08 Å². The van der Waals surface area contributed by atoms with Crippen LogP contribution in [0.15, 0.2) is 42.2 Å². The summed E-state index contributed by atoms with van der Waals surface area (Å²) in [5.41, 5.74) is 6.04. The fourth-order valence-corrected chi connectivity index (χ4v) is 1.80. The van der Waals surface area contributed by atoms with Gasteiger partial charge in [-0.2, -0.15) is 0 Å². The maximum Gasteiger partial charge on any atom is 0.119 e. The number of allylic oxidation sites excluding steroid dienone is 1. The van der Waals surface area contributed by atoms with E-state index >= 15 is 0 Å². The van der Waals surface area contributed by atoms with Crippen molar-refractivity contribution >= 4 is 0 Å². The summed E-state index contributed by atoms with van der Waals surface area (Å²) in [4.78, 5) is 0. The summed E-state index contributed by atoms with van der Waals surface area (Å²) in [6.07, 6.45) is 5.04. The predicted molar refractivity (Wildman–Crippen MR) is 67.8 cm³/mol. The molecule has 17 heavy (non-hydrogen) atoms. The van der Waals surface area contributed by atoms with Crippen molar-refractivity contribution in [3.8, 4) is 5.75 Å². The van der Waals surface area contributed by atoms with Crippen LogP contribution in [0.2, 0.25) is 0 Å². The standard InChI is InChI=1S/C14H19NO2/c15-13(14-8-4-5-10-17-14)9-11-16-12-6-2-1-3-7-12/h1-3,6-8,13H,4-5,9-11,15H2. The molecule has 1 aliphatic rings. The zero-order valence-electron chi connectivity index (χ0n) is 9.97. The maximum absolute atomic E-state index is 6.04. The molecule has 3 nitrogen and oxygen atoms in total. The molecule has 92 valence electrons. The molecule has 1 unspecified atom stereocenters. The van der Waals surface area contributed by atoms with Crippen LogP contribution in [-0.2, 0) is 4.74 Å². The number of benzene rings is 1. The van der Waals surface area contributed by atoms with E-state index in [1.807, 2.05) is 30.3 Å². The summed E-state index contributed by atoms with van der Waals surface area (Å²) in [7, 11) is 0. The lowest BCUT2D eigenvalue weighted by atomic mass is 10.1. The Labute approximate surface area is 102 Å². The van der Waals surface area contributed by atoms with E-state index < -0.39 is 0 Å². The van der Waals surface area contributed by atoms with E-state index in [0.29, 0.717) is 6.61 Å². The van der Waals surface area contributed by atoms with Gasteiger partial charge in [-0.15, -0.1) is 0 Å². The van der Waals surface area contributed by atoms with Crippen LogP contribution in [0.5, 0.6) is 5.75 Å². The van der Waals surface area contributed by atoms with Crippen LogP contribution in [0.25, 0.3) is 0 Å². The average molecular weight is 233 g/mol. The molecule has 0 fully saturated rings. The Morgan fingerprint density at radius 3 is 2.82 bits per heavy atom. The van der Waals surface area contributed by atoms with Gasteiger partial charge in [0.05, 0.1) is 19.3 Å². The first-order valence-electron chi connectivity index (χ1n) is 6.12. The van der Waals surface area contributed by atoms with E-state index in [1.54, 1.807) is 0 Å². The highest BCUT2D eigenvalue weighted by Gasteiger charge is 2.13. The second kappa shape index (κ2) is 6.30. The second-order valence-corrected chi connectivity index (χ2v) is 4.15. The fourth-order valence-electron chi connectivity index (χ4n) is 1.80. The first-order valence-corrected chi connectivity index (χ1v) is 6.12. The Balaban J connectivity index is 1.73. The maximum atomic E-state index is 6.04. The Kier molecular flexibility index (Phi) is 4.45. The quantitative estimate of drug-likeness (QED) is 0.849. The van der Waals surface area contributed by atoms with Gasteiger partial charge in [-0.1, -0.05) is 18.2 Å². The van der Waals surface area contributed by atoms with Crippen LogP contribution in [0.1, 0.15) is 19.3 Å². The second-order valence-electron chi connectivity index (χ2n) is 4.15. The lowest BCUT2D eigenvalue weighted by molar-refractivity contribution is 0.167. The molecule has 1 heterocycles. The number of rotatable bonds is 5. The summed E-state index contributed by atoms with van der Waals surface area (Å²) in [5.74, 6) is 1.81. The summed E-state index contributed by atoms with van der Waals surface area (Å²) in [6.45, 7) is 1.41. The van der Waals surface area contributed by atoms with Crippen LogP contribution in [-0.4, -0.2) is 19.3 Å². The minimum Gasteiger partial charge on any atom is -0.497 e. The van der Waals surface area contributed by atoms with Crippen LogP contribution in [0.4, 0.5) is 0 Å². The third-order valence-corrected chi connectivity index (χ3v) is 2.77. The molecule has 0 aliphatic carbocycles. The van der Waals surface area contributed by atoms with Gasteiger partial charge < -0.3 is 15.2 Å². The average Bonchev–Trinajstić information content (AvgIpc) is 2.41. The van der Waals surface area contributed by atoms with E-state index in [0.717, 1.165) is 37.4 Å². The molecule has 0 saturated carbocycles. The van der Waals surface area contributed by atoms with Crippen molar-refractivity contribution in [2.24, 2.45) is 5.73 Å². The van der Waals surface area contributed by atoms with Gasteiger partial charge in [0.25, 0.3) is 0 Å². The van der Waals surface area contributed by atoms with E-state index in [9.17, 15) is 0 Å². The van der Waals surface area contributed by atoms with Crippen molar-refractivity contribution < 1.29 is 9.47 Å². The van der Waals surface area contributed by atoms with E-state index in [4.69, 9.17) is 15.2 Å². The number of ether oxygens (including phenoxy) is 2. The molecule has 2 N–H and O–H groups in total. The lowest BCUT2D eigenvalue weighted by Crippen LogP contribution is -2.28. The van der Waals surface area contributed by atoms with Gasteiger partial charge in [-0.25, -0.2) is 0 Å². The molecule has 0 saturated heterocycles. The fraction of sp³-hybridized carbons (Fsp3) is 0.429. The van der Waals surface area contributed by atoms with E-state index in [-0.39, 0.29) is 6.04 Å². The molecule has 0 amide bonds. The molecular weight excluding hydrogens is 214 g/mol. The first-order chi connectivity index (χ1) is 8.36. The van der Waals surface area contributed by atoms with Gasteiger partial charge in [0.15, 0.2) is 0 Å². The normalized spacial score (nSPS) is 16.9. The molecule has 1 aromatic carbocycles. The van der Waals surface area contributed by atoms with E-state index in [1.165, 1.54) is 0 Å². The highest BCUT2D eigenvalue weighted by atomic mass is 16.5. The molecule has 1 atom stereocenters. The Morgan fingerprint density at radius 1 is 1.29 bits per heavy atom. The highest BCUT2D eigenvalue weighted by molar-refractivity contribution is 5.20. The van der Waals surface area contributed by atoms with Crippen molar-refractivity contribution in [3.05, 3.63) is 42.2 Å². The Bertz CT molecular complexity index is 362. The molecule has 0 bridgehead atoms. The molecule has 0 spiro atoms. The smallest absolute Gasteiger partial charge is 0.119 e. The van der Waals surface area contributed by atoms with Crippen molar-refractivity contribution in [2.45, 2.75) is 25.3 Å². The Hall–Kier alpha value is -1.48. The summed E-state index contributed by atoms with van der Waals surface area (Å²) >= 11 is 0. The monoisotopic (exact) mass is 233 g/mol. The minimum absolute atomic E-state index is 0.0426. The molecule has 3 heteroatoms. The van der Waals surface area contributed by atoms with Crippen molar-refractivity contribution in [3.63, 3.8) is 0 Å². The highest BCUT2D eigenvalue weighted by Crippen LogP contribution is 2.15. The molecule has 1 aliphatic heterocycles. The third kappa shape index (κ3) is 3.79. The van der Waals surface area contributed by atoms with Crippen LogP contribution in [0, 0.1) is 0 Å². The summed E-state index contributed by atoms with van der Waals surface area (Å²) in [6, 6.07) is 9.74. The van der Waals surface area contributed by atoms with Gasteiger partial charge in [-0.3, -0.25) is 0 Å². The van der Waals surface area contributed by atoms with Crippen molar-refractivity contribution in [2.75, 3.05) is 13.2 Å². The number of para-hydroxylation sites is 1. The number of nitrogens with two attached hydrogens (primary N) is 1. The first kappa shape index (κ1) is 12.0. The summed E-state index contributed by atoms with van der Waals surface area (Å²) in [5, 5.41) is 0. The van der Waals surface area contributed by atoms with Gasteiger partial charge in [0.1, 0.15) is 11.5 Å². The molecule has 0 radical (unpaired) electrons. The van der Waals surface area contributed by atoms with Crippen molar-refractivity contribution in [1.82, 2.24) is 0 Å². The zero-order chi connectivity index (χ0) is 11.9. The summed E-state index contributed by atoms with van der Waals surface area (Å²) < 4.78 is 11.1. The van der Waals surface area contributed by atoms with Crippen molar-refractivity contribution in [1.29, 1.82) is 0 Å². The van der Waals surface area contributed by atoms with Crippen LogP contribution < -0.4 is 10.5 Å². The van der Waals surface area contributed by atoms with Crippen LogP contribution >= 0.6 is 0 Å². The third-order valence-electron chi connectivity index (χ3n) is 2.77. The predicted octanol–water partition coefficient (Wildman–Crippen LogP) is 2.48. The minimum atomic E-state index is -0.0426. The SMILES string of the molecule is NC(CCOc1ccccc1)C1=CCCCO1. The lowest BCUT2D eigenvalue weighted by Gasteiger charge is -2.20. The van der Waals surface area contributed by atoms with Crippen LogP contribution in [0.3, 0.4) is 0 Å². The molecule has 2 rings (SSSR count). The molecular formula is C14H19NO2. The number of hydrogen-bond acceptors (Lipinski definition) is 3. The van der Waals surface area contributed by atoms with Gasteiger partial charge in [0, 0.05) is 6.42 Å². The molecule has 0 aromatic heterocycles. The number of hydrogen-bond donors (Lipinski definition) is 1. The Morgan fingerprint density at radius 2 is 2.12 bits per heavy atom. The largest absolute Gasteiger partial charge is 0.497 e. The topological polar surface area (TPSA) is 44.5 Å².